The van der Waals surface area contributed by atoms with Gasteiger partial charge in [-0.25, -0.2) is 0 Å². The Morgan fingerprint density at radius 2 is 2.17 bits per heavy atom. The number of fused-ring (bicyclic) bond motifs is 1. The van der Waals surface area contributed by atoms with Crippen LogP contribution in [-0.4, -0.2) is 23.8 Å². The van der Waals surface area contributed by atoms with Gasteiger partial charge in [0.1, 0.15) is 0 Å². The Bertz CT molecular complexity index is 502. The molecule has 0 spiro atoms. The molecule has 0 bridgehead atoms. The molecule has 0 fully saturated rings. The summed E-state index contributed by atoms with van der Waals surface area (Å²) >= 11 is 0. The zero-order valence-corrected chi connectivity index (χ0v) is 11.2. The van der Waals surface area contributed by atoms with Gasteiger partial charge in [-0.2, -0.15) is 0 Å². The van der Waals surface area contributed by atoms with Crippen molar-refractivity contribution in [3.63, 3.8) is 0 Å². The zero-order chi connectivity index (χ0) is 13.0. The first kappa shape index (κ1) is 13.1. The van der Waals surface area contributed by atoms with Crippen LogP contribution < -0.4 is 5.73 Å². The molecule has 18 heavy (non-hydrogen) atoms. The molecule has 1 aromatic heterocycles. The molecule has 0 aliphatic heterocycles. The van der Waals surface area contributed by atoms with E-state index in [0.29, 0.717) is 0 Å². The predicted octanol–water partition coefficient (Wildman–Crippen LogP) is 2.57. The van der Waals surface area contributed by atoms with E-state index < -0.39 is 0 Å². The van der Waals surface area contributed by atoms with Crippen molar-refractivity contribution < 1.29 is 4.74 Å². The molecule has 3 heteroatoms. The van der Waals surface area contributed by atoms with E-state index in [1.807, 2.05) is 13.8 Å². The zero-order valence-electron chi connectivity index (χ0n) is 11.2. The third kappa shape index (κ3) is 2.92. The third-order valence-electron chi connectivity index (χ3n) is 3.13. The lowest BCUT2D eigenvalue weighted by molar-refractivity contribution is 0.140. The maximum atomic E-state index is 5.89. The number of rotatable bonds is 6. The lowest BCUT2D eigenvalue weighted by Crippen LogP contribution is -2.17. The van der Waals surface area contributed by atoms with Gasteiger partial charge in [-0.1, -0.05) is 12.1 Å². The molecule has 2 rings (SSSR count). The summed E-state index contributed by atoms with van der Waals surface area (Å²) in [7, 11) is 0. The van der Waals surface area contributed by atoms with Gasteiger partial charge in [0, 0.05) is 36.3 Å². The molecule has 0 amide bonds. The number of hydrogen-bond donors (Lipinski definition) is 1. The van der Waals surface area contributed by atoms with Crippen molar-refractivity contribution in [3.05, 3.63) is 36.0 Å². The second-order valence-electron chi connectivity index (χ2n) is 4.74. The first-order chi connectivity index (χ1) is 8.72. The summed E-state index contributed by atoms with van der Waals surface area (Å²) < 4.78 is 7.66. The molecule has 1 atom stereocenters. The second-order valence-corrected chi connectivity index (χ2v) is 4.74. The van der Waals surface area contributed by atoms with Gasteiger partial charge in [0.15, 0.2) is 0 Å². The van der Waals surface area contributed by atoms with Crippen molar-refractivity contribution in [2.45, 2.75) is 32.9 Å². The molecule has 98 valence electrons. The highest BCUT2D eigenvalue weighted by Crippen LogP contribution is 2.21. The summed E-state index contributed by atoms with van der Waals surface area (Å²) in [5, 5.41) is 1.31. The number of aromatic nitrogens is 1. The first-order valence-corrected chi connectivity index (χ1v) is 6.62. The van der Waals surface area contributed by atoms with E-state index in [1.165, 1.54) is 16.5 Å². The Balaban J connectivity index is 2.24. The first-order valence-electron chi connectivity index (χ1n) is 6.62. The molecule has 0 saturated carbocycles. The fraction of sp³-hybridized carbons (Fsp3) is 0.467. The Morgan fingerprint density at radius 1 is 1.33 bits per heavy atom. The lowest BCUT2D eigenvalue weighted by atomic mass is 10.0. The monoisotopic (exact) mass is 246 g/mol. The standard InChI is InChI=1S/C15H22N2O/c1-3-18-10-9-17-8-7-14-13(11-12(2)16)5-4-6-15(14)17/h4-8,12H,3,9-11,16H2,1-2H3. The number of benzene rings is 1. The Hall–Kier alpha value is -1.32. The lowest BCUT2D eigenvalue weighted by Gasteiger charge is -2.09. The van der Waals surface area contributed by atoms with Crippen molar-refractivity contribution in [1.82, 2.24) is 4.57 Å². The van der Waals surface area contributed by atoms with Crippen LogP contribution >= 0.6 is 0 Å². The summed E-state index contributed by atoms with van der Waals surface area (Å²) in [5.74, 6) is 0. The summed E-state index contributed by atoms with van der Waals surface area (Å²) in [6.07, 6.45) is 3.06. The molecule has 0 radical (unpaired) electrons. The van der Waals surface area contributed by atoms with Crippen molar-refractivity contribution in [1.29, 1.82) is 0 Å². The number of nitrogens with zero attached hydrogens (tertiary/aromatic N) is 1. The average molecular weight is 246 g/mol. The quantitative estimate of drug-likeness (QED) is 0.796. The summed E-state index contributed by atoms with van der Waals surface area (Å²) in [5.41, 5.74) is 8.50. The second kappa shape index (κ2) is 6.03. The molecule has 1 heterocycles. The maximum Gasteiger partial charge on any atom is 0.0645 e. The van der Waals surface area contributed by atoms with Crippen molar-refractivity contribution in [2.24, 2.45) is 5.73 Å². The van der Waals surface area contributed by atoms with Crippen LogP contribution in [0.5, 0.6) is 0 Å². The minimum Gasteiger partial charge on any atom is -0.380 e. The van der Waals surface area contributed by atoms with Crippen molar-refractivity contribution >= 4 is 10.9 Å². The molecule has 0 saturated heterocycles. The Labute approximate surface area is 109 Å². The normalized spacial score (nSPS) is 13.1. The number of ether oxygens (including phenoxy) is 1. The van der Waals surface area contributed by atoms with E-state index in [-0.39, 0.29) is 6.04 Å². The largest absolute Gasteiger partial charge is 0.380 e. The van der Waals surface area contributed by atoms with E-state index >= 15 is 0 Å². The van der Waals surface area contributed by atoms with Crippen LogP contribution in [0.15, 0.2) is 30.5 Å². The fourth-order valence-electron chi connectivity index (χ4n) is 2.31. The van der Waals surface area contributed by atoms with Gasteiger partial charge < -0.3 is 15.0 Å². The van der Waals surface area contributed by atoms with Gasteiger partial charge in [-0.05, 0) is 38.0 Å². The topological polar surface area (TPSA) is 40.2 Å². The van der Waals surface area contributed by atoms with Gasteiger partial charge in [-0.3, -0.25) is 0 Å². The highest BCUT2D eigenvalue weighted by molar-refractivity contribution is 5.83. The van der Waals surface area contributed by atoms with Crippen molar-refractivity contribution in [2.75, 3.05) is 13.2 Å². The number of nitrogens with two attached hydrogens (primary N) is 1. The van der Waals surface area contributed by atoms with Crippen LogP contribution in [-0.2, 0) is 17.7 Å². The van der Waals surface area contributed by atoms with E-state index in [1.54, 1.807) is 0 Å². The van der Waals surface area contributed by atoms with Gasteiger partial charge in [0.2, 0.25) is 0 Å². The van der Waals surface area contributed by atoms with Crippen LogP contribution in [0.3, 0.4) is 0 Å². The van der Waals surface area contributed by atoms with Gasteiger partial charge in [-0.15, -0.1) is 0 Å². The molecule has 2 N–H and O–H groups in total. The van der Waals surface area contributed by atoms with Crippen LogP contribution in [0.1, 0.15) is 19.4 Å². The summed E-state index contributed by atoms with van der Waals surface area (Å²) in [6.45, 7) is 6.51. The van der Waals surface area contributed by atoms with Crippen LogP contribution in [0.2, 0.25) is 0 Å². The highest BCUT2D eigenvalue weighted by Gasteiger charge is 2.06. The Kier molecular flexibility index (Phi) is 4.39. The predicted molar refractivity (Wildman–Crippen MR) is 75.8 cm³/mol. The van der Waals surface area contributed by atoms with Gasteiger partial charge in [0.05, 0.1) is 6.61 Å². The van der Waals surface area contributed by atoms with E-state index in [0.717, 1.165) is 26.2 Å². The van der Waals surface area contributed by atoms with Gasteiger partial charge in [0.25, 0.3) is 0 Å². The maximum absolute atomic E-state index is 5.89. The molecular formula is C15H22N2O. The van der Waals surface area contributed by atoms with E-state index in [4.69, 9.17) is 10.5 Å². The van der Waals surface area contributed by atoms with Crippen LogP contribution in [0, 0.1) is 0 Å². The SMILES string of the molecule is CCOCCn1ccc2c(CC(C)N)cccc21. The molecule has 1 unspecified atom stereocenters. The molecule has 0 aliphatic carbocycles. The highest BCUT2D eigenvalue weighted by atomic mass is 16.5. The average Bonchev–Trinajstić information content (AvgIpc) is 2.74. The molecule has 3 nitrogen and oxygen atoms in total. The van der Waals surface area contributed by atoms with E-state index in [2.05, 4.69) is 35.0 Å². The fourth-order valence-corrected chi connectivity index (χ4v) is 2.31. The molecule has 0 aliphatic rings. The molecule has 1 aromatic carbocycles. The van der Waals surface area contributed by atoms with E-state index in [9.17, 15) is 0 Å². The van der Waals surface area contributed by atoms with Gasteiger partial charge >= 0.3 is 0 Å². The third-order valence-corrected chi connectivity index (χ3v) is 3.13. The van der Waals surface area contributed by atoms with Crippen LogP contribution in [0.25, 0.3) is 10.9 Å². The Morgan fingerprint density at radius 3 is 2.89 bits per heavy atom. The van der Waals surface area contributed by atoms with Crippen LogP contribution in [0.4, 0.5) is 0 Å². The summed E-state index contributed by atoms with van der Waals surface area (Å²) in [6, 6.07) is 8.81. The summed E-state index contributed by atoms with van der Waals surface area (Å²) in [4.78, 5) is 0. The number of hydrogen-bond acceptors (Lipinski definition) is 2. The van der Waals surface area contributed by atoms with Crippen molar-refractivity contribution in [3.8, 4) is 0 Å². The molecule has 2 aromatic rings. The smallest absolute Gasteiger partial charge is 0.0645 e. The minimum atomic E-state index is 0.197. The minimum absolute atomic E-state index is 0.197. The molecular weight excluding hydrogens is 224 g/mol.